The maximum Gasteiger partial charge on any atom is 0.187 e. The molecule has 4 aromatic rings. The molecule has 3 aromatic carbocycles. The van der Waals surface area contributed by atoms with Crippen molar-refractivity contribution in [1.82, 2.24) is 20.2 Å². The molecule has 0 saturated heterocycles. The Morgan fingerprint density at radius 2 is 1.55 bits per heavy atom. The highest BCUT2D eigenvalue weighted by Gasteiger charge is 2.16. The molecule has 0 atom stereocenters. The number of hydrogen-bond acceptors (Lipinski definition) is 5. The van der Waals surface area contributed by atoms with E-state index in [4.69, 9.17) is 0 Å². The van der Waals surface area contributed by atoms with Crippen LogP contribution in [0.25, 0.3) is 28.2 Å². The fourth-order valence-electron chi connectivity index (χ4n) is 3.07. The first kappa shape index (κ1) is 19.5. The maximum absolute atomic E-state index is 11.7. The van der Waals surface area contributed by atoms with Crippen LogP contribution in [-0.2, 0) is 15.2 Å². The highest BCUT2D eigenvalue weighted by molar-refractivity contribution is 9.08. The Hall–Kier alpha value is -2.84. The van der Waals surface area contributed by atoms with Crippen LogP contribution in [0.3, 0.4) is 0 Å². The van der Waals surface area contributed by atoms with Gasteiger partial charge in [0.25, 0.3) is 0 Å². The van der Waals surface area contributed by atoms with Gasteiger partial charge in [-0.3, -0.25) is 0 Å². The van der Waals surface area contributed by atoms with Gasteiger partial charge in [-0.1, -0.05) is 64.5 Å². The molecule has 146 valence electrons. The van der Waals surface area contributed by atoms with Crippen molar-refractivity contribution in [3.05, 3.63) is 78.4 Å². The molecule has 0 fully saturated rings. The number of sulfone groups is 1. The second-order valence-electron chi connectivity index (χ2n) is 6.56. The van der Waals surface area contributed by atoms with Crippen molar-refractivity contribution in [3.63, 3.8) is 0 Å². The zero-order valence-corrected chi connectivity index (χ0v) is 17.9. The Kier molecular flexibility index (Phi) is 5.29. The van der Waals surface area contributed by atoms with Crippen molar-refractivity contribution in [2.45, 2.75) is 10.2 Å². The number of hydrogen-bond donors (Lipinski definition) is 0. The Labute approximate surface area is 177 Å². The fraction of sp³-hybridized carbons (Fsp3) is 0.0952. The Bertz CT molecular complexity index is 1250. The van der Waals surface area contributed by atoms with Crippen LogP contribution in [0.2, 0.25) is 0 Å². The van der Waals surface area contributed by atoms with Crippen LogP contribution in [0.4, 0.5) is 0 Å². The van der Waals surface area contributed by atoms with Crippen LogP contribution in [0.15, 0.2) is 77.7 Å². The Morgan fingerprint density at radius 3 is 2.17 bits per heavy atom. The van der Waals surface area contributed by atoms with Crippen LogP contribution in [0, 0.1) is 0 Å². The summed E-state index contributed by atoms with van der Waals surface area (Å²) in [5, 5.41) is 13.0. The summed E-state index contributed by atoms with van der Waals surface area (Å²) in [6, 6.07) is 22.7. The molecule has 1 heterocycles. The highest BCUT2D eigenvalue weighted by atomic mass is 79.9. The smallest absolute Gasteiger partial charge is 0.187 e. The third kappa shape index (κ3) is 3.99. The molecule has 0 aliphatic heterocycles. The summed E-state index contributed by atoms with van der Waals surface area (Å²) in [5.41, 5.74) is 4.84. The quantitative estimate of drug-likeness (QED) is 0.408. The average molecular weight is 469 g/mol. The minimum Gasteiger partial charge on any atom is -0.224 e. The predicted octanol–water partition coefficient (Wildman–Crippen LogP) is 4.29. The third-order valence-electron chi connectivity index (χ3n) is 4.57. The van der Waals surface area contributed by atoms with E-state index in [0.717, 1.165) is 22.0 Å². The summed E-state index contributed by atoms with van der Waals surface area (Å²) >= 11 is 3.47. The lowest BCUT2D eigenvalue weighted by molar-refractivity contribution is 0.602. The van der Waals surface area contributed by atoms with E-state index in [-0.39, 0.29) is 4.90 Å². The van der Waals surface area contributed by atoms with Crippen molar-refractivity contribution >= 4 is 25.8 Å². The van der Waals surface area contributed by atoms with Gasteiger partial charge in [0.05, 0.1) is 10.6 Å². The lowest BCUT2D eigenvalue weighted by Crippen LogP contribution is -2.02. The first-order valence-electron chi connectivity index (χ1n) is 8.81. The molecule has 8 heteroatoms. The zero-order chi connectivity index (χ0) is 20.4. The Morgan fingerprint density at radius 1 is 0.897 bits per heavy atom. The molecular weight excluding hydrogens is 452 g/mol. The van der Waals surface area contributed by atoms with Gasteiger partial charge in [-0.2, -0.15) is 4.68 Å². The lowest BCUT2D eigenvalue weighted by atomic mass is 9.98. The highest BCUT2D eigenvalue weighted by Crippen LogP contribution is 2.32. The predicted molar refractivity (Wildman–Crippen MR) is 116 cm³/mol. The van der Waals surface area contributed by atoms with Gasteiger partial charge in [0.1, 0.15) is 0 Å². The molecule has 0 N–H and O–H groups in total. The minimum atomic E-state index is -3.26. The van der Waals surface area contributed by atoms with Crippen molar-refractivity contribution in [2.75, 3.05) is 6.26 Å². The first-order chi connectivity index (χ1) is 14.0. The molecule has 0 radical (unpaired) electrons. The fourth-order valence-corrected chi connectivity index (χ4v) is 4.07. The summed E-state index contributed by atoms with van der Waals surface area (Å²) in [6.45, 7) is 0. The molecule has 0 unspecified atom stereocenters. The second kappa shape index (κ2) is 7.88. The largest absolute Gasteiger partial charge is 0.224 e. The maximum atomic E-state index is 11.7. The number of halogens is 1. The van der Waals surface area contributed by atoms with Crippen molar-refractivity contribution in [1.29, 1.82) is 0 Å². The first-order valence-corrected chi connectivity index (χ1v) is 11.8. The monoisotopic (exact) mass is 468 g/mol. The van der Waals surface area contributed by atoms with Crippen LogP contribution >= 0.6 is 15.9 Å². The summed E-state index contributed by atoms with van der Waals surface area (Å²) in [7, 11) is -3.26. The van der Waals surface area contributed by atoms with Gasteiger partial charge >= 0.3 is 0 Å². The van der Waals surface area contributed by atoms with E-state index in [1.807, 2.05) is 24.3 Å². The van der Waals surface area contributed by atoms with E-state index in [1.165, 1.54) is 11.8 Å². The molecule has 0 aliphatic rings. The SMILES string of the molecule is CS(=O)(=O)c1ccc(-n2nnnc2-c2ccccc2-c2ccc(CBr)cc2)cc1. The van der Waals surface area contributed by atoms with Crippen LogP contribution < -0.4 is 0 Å². The van der Waals surface area contributed by atoms with E-state index < -0.39 is 9.84 Å². The molecule has 0 amide bonds. The second-order valence-corrected chi connectivity index (χ2v) is 9.13. The van der Waals surface area contributed by atoms with Crippen molar-refractivity contribution in [2.24, 2.45) is 0 Å². The molecule has 0 aliphatic carbocycles. The van der Waals surface area contributed by atoms with Crippen molar-refractivity contribution in [3.8, 4) is 28.2 Å². The molecule has 1 aromatic heterocycles. The number of tetrazole rings is 1. The summed E-state index contributed by atoms with van der Waals surface area (Å²) in [6.07, 6.45) is 1.18. The standard InChI is InChI=1S/C21H17BrN4O2S/c1-29(27,28)18-12-10-17(11-13-18)26-21(23-24-25-26)20-5-3-2-4-19(20)16-8-6-15(14-22)7-9-16/h2-13H,14H2,1H3. The summed E-state index contributed by atoms with van der Waals surface area (Å²) < 4.78 is 25.0. The van der Waals surface area contributed by atoms with Gasteiger partial charge in [0, 0.05) is 17.1 Å². The van der Waals surface area contributed by atoms with Gasteiger partial charge in [-0.25, -0.2) is 8.42 Å². The van der Waals surface area contributed by atoms with E-state index in [9.17, 15) is 8.42 Å². The van der Waals surface area contributed by atoms with Gasteiger partial charge in [-0.05, 0) is 51.4 Å². The van der Waals surface area contributed by atoms with Crippen LogP contribution in [0.5, 0.6) is 0 Å². The molecular formula is C21H17BrN4O2S. The summed E-state index contributed by atoms with van der Waals surface area (Å²) in [5.74, 6) is 0.581. The number of nitrogens with zero attached hydrogens (tertiary/aromatic N) is 4. The van der Waals surface area contributed by atoms with Crippen LogP contribution in [0.1, 0.15) is 5.56 Å². The lowest BCUT2D eigenvalue weighted by Gasteiger charge is -2.11. The topological polar surface area (TPSA) is 77.7 Å². The molecule has 6 nitrogen and oxygen atoms in total. The number of benzene rings is 3. The molecule has 0 spiro atoms. The van der Waals surface area contributed by atoms with Crippen molar-refractivity contribution < 1.29 is 8.42 Å². The number of aromatic nitrogens is 4. The van der Waals surface area contributed by atoms with Gasteiger partial charge in [-0.15, -0.1) is 5.10 Å². The molecule has 29 heavy (non-hydrogen) atoms. The van der Waals surface area contributed by atoms with E-state index in [2.05, 4.69) is 55.7 Å². The zero-order valence-electron chi connectivity index (χ0n) is 15.5. The van der Waals surface area contributed by atoms with E-state index in [0.29, 0.717) is 11.5 Å². The van der Waals surface area contributed by atoms with E-state index >= 15 is 0 Å². The molecule has 0 bridgehead atoms. The van der Waals surface area contributed by atoms with Gasteiger partial charge in [0.2, 0.25) is 0 Å². The Balaban J connectivity index is 1.79. The van der Waals surface area contributed by atoms with Crippen LogP contribution in [-0.4, -0.2) is 34.9 Å². The number of rotatable bonds is 5. The normalized spacial score (nSPS) is 11.5. The number of alkyl halides is 1. The molecule has 4 rings (SSSR count). The van der Waals surface area contributed by atoms with E-state index in [1.54, 1.807) is 28.9 Å². The summed E-state index contributed by atoms with van der Waals surface area (Å²) in [4.78, 5) is 0.253. The third-order valence-corrected chi connectivity index (χ3v) is 6.34. The van der Waals surface area contributed by atoms with Gasteiger partial charge < -0.3 is 0 Å². The minimum absolute atomic E-state index is 0.253. The van der Waals surface area contributed by atoms with Gasteiger partial charge in [0.15, 0.2) is 15.7 Å². The average Bonchev–Trinajstić information content (AvgIpc) is 3.23. The molecule has 0 saturated carbocycles.